The minimum absolute atomic E-state index is 0.0582. The van der Waals surface area contributed by atoms with Gasteiger partial charge in [-0.15, -0.1) is 0 Å². The lowest BCUT2D eigenvalue weighted by atomic mass is 10.2. The number of imidazole rings is 1. The van der Waals surface area contributed by atoms with Gasteiger partial charge in [-0.05, 0) is 31.5 Å². The van der Waals surface area contributed by atoms with Gasteiger partial charge in [0, 0.05) is 38.8 Å². The van der Waals surface area contributed by atoms with E-state index >= 15 is 0 Å². The molecule has 2 aromatic rings. The molecule has 0 saturated heterocycles. The van der Waals surface area contributed by atoms with Gasteiger partial charge in [-0.25, -0.2) is 4.98 Å². The van der Waals surface area contributed by atoms with E-state index in [1.165, 1.54) is 0 Å². The number of nitrogens with zero attached hydrogens (tertiary/aromatic N) is 2. The highest BCUT2D eigenvalue weighted by Gasteiger charge is 2.10. The van der Waals surface area contributed by atoms with Crippen molar-refractivity contribution >= 4 is 16.9 Å². The summed E-state index contributed by atoms with van der Waals surface area (Å²) in [4.78, 5) is 16.7. The van der Waals surface area contributed by atoms with E-state index in [0.717, 1.165) is 29.7 Å². The zero-order valence-corrected chi connectivity index (χ0v) is 13.0. The predicted octanol–water partition coefficient (Wildman–Crippen LogP) is 2.29. The summed E-state index contributed by atoms with van der Waals surface area (Å²) in [5.74, 6) is 0.969. The van der Waals surface area contributed by atoms with E-state index in [0.29, 0.717) is 25.3 Å². The molecule has 1 N–H and O–H groups in total. The van der Waals surface area contributed by atoms with Crippen molar-refractivity contribution in [1.82, 2.24) is 14.9 Å². The number of carbonyl (C=O) groups excluding carboxylic acids is 1. The van der Waals surface area contributed by atoms with Crippen LogP contribution in [0.4, 0.5) is 0 Å². The summed E-state index contributed by atoms with van der Waals surface area (Å²) in [6, 6.07) is 5.66. The van der Waals surface area contributed by atoms with Crippen molar-refractivity contribution in [3.63, 3.8) is 0 Å². The van der Waals surface area contributed by atoms with Crippen molar-refractivity contribution in [1.29, 1.82) is 0 Å². The van der Waals surface area contributed by atoms with Gasteiger partial charge in [0.05, 0.1) is 11.0 Å². The Bertz CT molecular complexity index is 619. The van der Waals surface area contributed by atoms with Crippen molar-refractivity contribution < 1.29 is 9.53 Å². The van der Waals surface area contributed by atoms with Gasteiger partial charge in [-0.2, -0.15) is 0 Å². The molecule has 1 aromatic carbocycles. The Morgan fingerprint density at radius 1 is 1.38 bits per heavy atom. The quantitative estimate of drug-likeness (QED) is 0.796. The number of fused-ring (bicyclic) bond motifs is 1. The first-order valence-electron chi connectivity index (χ1n) is 7.48. The minimum Gasteiger partial charge on any atom is -0.382 e. The Hall–Kier alpha value is -1.88. The van der Waals surface area contributed by atoms with Crippen LogP contribution in [0.3, 0.4) is 0 Å². The molecule has 0 bridgehead atoms. The number of amides is 1. The largest absolute Gasteiger partial charge is 0.382 e. The fourth-order valence-corrected chi connectivity index (χ4v) is 2.33. The number of aryl methyl sites for hydroxylation is 2. The normalized spacial score (nSPS) is 11.0. The Labute approximate surface area is 125 Å². The highest BCUT2D eigenvalue weighted by molar-refractivity contribution is 5.97. The molecule has 2 rings (SSSR count). The average molecular weight is 289 g/mol. The number of nitrogens with one attached hydrogen (secondary N) is 1. The summed E-state index contributed by atoms with van der Waals surface area (Å²) in [7, 11) is 2.00. The van der Waals surface area contributed by atoms with Crippen LogP contribution in [0.1, 0.15) is 36.5 Å². The number of hydrogen-bond acceptors (Lipinski definition) is 3. The van der Waals surface area contributed by atoms with Gasteiger partial charge in [0.15, 0.2) is 0 Å². The van der Waals surface area contributed by atoms with Crippen LogP contribution in [0.15, 0.2) is 18.2 Å². The van der Waals surface area contributed by atoms with Crippen molar-refractivity contribution in [2.45, 2.75) is 26.7 Å². The van der Waals surface area contributed by atoms with Crippen molar-refractivity contribution in [2.75, 3.05) is 19.8 Å². The maximum Gasteiger partial charge on any atom is 0.251 e. The van der Waals surface area contributed by atoms with Crippen LogP contribution in [0.25, 0.3) is 11.0 Å². The number of rotatable bonds is 7. The number of hydrogen-bond donors (Lipinski definition) is 1. The maximum atomic E-state index is 12.1. The summed E-state index contributed by atoms with van der Waals surface area (Å²) in [6.07, 6.45) is 1.70. The molecule has 0 atom stereocenters. The van der Waals surface area contributed by atoms with Crippen molar-refractivity contribution in [3.05, 3.63) is 29.6 Å². The van der Waals surface area contributed by atoms with Crippen LogP contribution >= 0.6 is 0 Å². The molecule has 0 fully saturated rings. The summed E-state index contributed by atoms with van der Waals surface area (Å²) in [5, 5.41) is 2.90. The van der Waals surface area contributed by atoms with Crippen LogP contribution in [0.5, 0.6) is 0 Å². The van der Waals surface area contributed by atoms with Gasteiger partial charge >= 0.3 is 0 Å². The average Bonchev–Trinajstić information content (AvgIpc) is 2.82. The van der Waals surface area contributed by atoms with Gasteiger partial charge in [0.2, 0.25) is 0 Å². The molecular weight excluding hydrogens is 266 g/mol. The summed E-state index contributed by atoms with van der Waals surface area (Å²) < 4.78 is 7.31. The van der Waals surface area contributed by atoms with Gasteiger partial charge in [0.1, 0.15) is 5.82 Å². The van der Waals surface area contributed by atoms with E-state index in [4.69, 9.17) is 4.74 Å². The van der Waals surface area contributed by atoms with E-state index in [2.05, 4.69) is 21.8 Å². The molecule has 21 heavy (non-hydrogen) atoms. The molecule has 0 spiro atoms. The maximum absolute atomic E-state index is 12.1. The topological polar surface area (TPSA) is 56.1 Å². The molecule has 114 valence electrons. The summed E-state index contributed by atoms with van der Waals surface area (Å²) >= 11 is 0. The van der Waals surface area contributed by atoms with Crippen LogP contribution in [0.2, 0.25) is 0 Å². The van der Waals surface area contributed by atoms with Gasteiger partial charge in [-0.1, -0.05) is 6.92 Å². The molecule has 1 aromatic heterocycles. The smallest absolute Gasteiger partial charge is 0.251 e. The lowest BCUT2D eigenvalue weighted by Gasteiger charge is -2.05. The molecule has 0 aliphatic heterocycles. The lowest BCUT2D eigenvalue weighted by molar-refractivity contribution is 0.0944. The van der Waals surface area contributed by atoms with E-state index in [1.807, 2.05) is 32.2 Å². The monoisotopic (exact) mass is 289 g/mol. The molecule has 1 amide bonds. The number of benzene rings is 1. The van der Waals surface area contributed by atoms with Crippen LogP contribution in [-0.4, -0.2) is 35.2 Å². The minimum atomic E-state index is -0.0582. The standard InChI is InChI=1S/C16H23N3O2/c1-4-15-18-13-11-12(7-8-14(13)19(15)3)16(20)17-9-6-10-21-5-2/h7-8,11H,4-6,9-10H2,1-3H3,(H,17,20). The second-order valence-corrected chi connectivity index (χ2v) is 4.95. The van der Waals surface area contributed by atoms with E-state index in [9.17, 15) is 4.79 Å². The van der Waals surface area contributed by atoms with Crippen LogP contribution in [0, 0.1) is 0 Å². The zero-order valence-electron chi connectivity index (χ0n) is 13.0. The van der Waals surface area contributed by atoms with Gasteiger partial charge in [-0.3, -0.25) is 4.79 Å². The fraction of sp³-hybridized carbons (Fsp3) is 0.500. The van der Waals surface area contributed by atoms with E-state index < -0.39 is 0 Å². The third-order valence-corrected chi connectivity index (χ3v) is 3.51. The lowest BCUT2D eigenvalue weighted by Crippen LogP contribution is -2.25. The van der Waals surface area contributed by atoms with Gasteiger partial charge < -0.3 is 14.6 Å². The first-order chi connectivity index (χ1) is 10.2. The first-order valence-corrected chi connectivity index (χ1v) is 7.48. The number of aromatic nitrogens is 2. The third-order valence-electron chi connectivity index (χ3n) is 3.51. The summed E-state index contributed by atoms with van der Waals surface area (Å²) in [5.41, 5.74) is 2.58. The number of carbonyl (C=O) groups is 1. The molecule has 0 aliphatic rings. The molecule has 1 heterocycles. The van der Waals surface area contributed by atoms with Crippen LogP contribution in [-0.2, 0) is 18.2 Å². The highest BCUT2D eigenvalue weighted by Crippen LogP contribution is 2.17. The fourth-order valence-electron chi connectivity index (χ4n) is 2.33. The second-order valence-electron chi connectivity index (χ2n) is 4.95. The molecule has 5 heteroatoms. The summed E-state index contributed by atoms with van der Waals surface area (Å²) in [6.45, 7) is 6.05. The molecular formula is C16H23N3O2. The van der Waals surface area contributed by atoms with Crippen LogP contribution < -0.4 is 5.32 Å². The number of ether oxygens (including phenoxy) is 1. The Morgan fingerprint density at radius 3 is 2.90 bits per heavy atom. The molecule has 0 unspecified atom stereocenters. The highest BCUT2D eigenvalue weighted by atomic mass is 16.5. The van der Waals surface area contributed by atoms with Gasteiger partial charge in [0.25, 0.3) is 5.91 Å². The Morgan fingerprint density at radius 2 is 2.19 bits per heavy atom. The van der Waals surface area contributed by atoms with E-state index in [-0.39, 0.29) is 5.91 Å². The van der Waals surface area contributed by atoms with Crippen molar-refractivity contribution in [2.24, 2.45) is 7.05 Å². The Balaban J connectivity index is 2.03. The third kappa shape index (κ3) is 3.61. The van der Waals surface area contributed by atoms with Crippen molar-refractivity contribution in [3.8, 4) is 0 Å². The molecule has 0 saturated carbocycles. The first kappa shape index (κ1) is 15.5. The van der Waals surface area contributed by atoms with E-state index in [1.54, 1.807) is 0 Å². The SMILES string of the molecule is CCOCCCNC(=O)c1ccc2c(c1)nc(CC)n2C. The Kier molecular flexibility index (Phi) is 5.33. The zero-order chi connectivity index (χ0) is 15.2. The molecule has 0 radical (unpaired) electrons. The predicted molar refractivity (Wildman–Crippen MR) is 83.5 cm³/mol. The second kappa shape index (κ2) is 7.22. The molecule has 5 nitrogen and oxygen atoms in total. The molecule has 0 aliphatic carbocycles.